The van der Waals surface area contributed by atoms with Crippen LogP contribution in [0.15, 0.2) is 29.8 Å². The summed E-state index contributed by atoms with van der Waals surface area (Å²) in [6, 6.07) is 5.16. The van der Waals surface area contributed by atoms with Gasteiger partial charge in [-0.05, 0) is 43.0 Å². The number of allylic oxidation sites excluding steroid dienone is 2. The van der Waals surface area contributed by atoms with E-state index in [9.17, 15) is 4.79 Å². The molecule has 1 aliphatic rings. The number of methoxy groups -OCH3 is 1. The number of Topliss-reactive ketones (excluding diaryl/α,β-unsaturated/α-hetero) is 1. The summed E-state index contributed by atoms with van der Waals surface area (Å²) in [7, 11) is 1.55. The zero-order valence-corrected chi connectivity index (χ0v) is 9.32. The lowest BCUT2D eigenvalue weighted by molar-refractivity contribution is 0.103. The second kappa shape index (κ2) is 4.39. The van der Waals surface area contributed by atoms with Crippen LogP contribution in [-0.4, -0.2) is 12.9 Å². The van der Waals surface area contributed by atoms with Crippen molar-refractivity contribution in [1.82, 2.24) is 0 Å². The van der Waals surface area contributed by atoms with Crippen molar-refractivity contribution in [2.45, 2.75) is 19.3 Å². The molecule has 0 heterocycles. The maximum absolute atomic E-state index is 12.1. The smallest absolute Gasteiger partial charge is 0.188 e. The van der Waals surface area contributed by atoms with E-state index in [-0.39, 0.29) is 5.78 Å². The third kappa shape index (κ3) is 1.94. The molecular formula is C13H15NO2. The molecule has 0 radical (unpaired) electrons. The SMILES string of the molecule is COc1cc(C(=O)C2=CCCC2)ccc1N. The highest BCUT2D eigenvalue weighted by atomic mass is 16.5. The highest BCUT2D eigenvalue weighted by Gasteiger charge is 2.16. The van der Waals surface area contributed by atoms with Gasteiger partial charge >= 0.3 is 0 Å². The largest absolute Gasteiger partial charge is 0.495 e. The number of benzene rings is 1. The molecule has 84 valence electrons. The molecule has 3 heteroatoms. The van der Waals surface area contributed by atoms with Crippen LogP contribution < -0.4 is 10.5 Å². The van der Waals surface area contributed by atoms with Crippen molar-refractivity contribution in [2.75, 3.05) is 12.8 Å². The van der Waals surface area contributed by atoms with Gasteiger partial charge in [-0.2, -0.15) is 0 Å². The molecule has 2 N–H and O–H groups in total. The number of carbonyl (C=O) groups is 1. The van der Waals surface area contributed by atoms with E-state index < -0.39 is 0 Å². The maximum atomic E-state index is 12.1. The number of rotatable bonds is 3. The van der Waals surface area contributed by atoms with E-state index in [1.807, 2.05) is 6.08 Å². The van der Waals surface area contributed by atoms with E-state index >= 15 is 0 Å². The van der Waals surface area contributed by atoms with E-state index in [1.54, 1.807) is 25.3 Å². The van der Waals surface area contributed by atoms with Crippen molar-refractivity contribution < 1.29 is 9.53 Å². The number of hydrogen-bond acceptors (Lipinski definition) is 3. The monoisotopic (exact) mass is 217 g/mol. The molecular weight excluding hydrogens is 202 g/mol. The number of nitrogen functional groups attached to an aromatic ring is 1. The molecule has 2 rings (SSSR count). The first-order chi connectivity index (χ1) is 7.72. The van der Waals surface area contributed by atoms with Crippen molar-refractivity contribution in [1.29, 1.82) is 0 Å². The predicted octanol–water partition coefficient (Wildman–Crippen LogP) is 2.57. The van der Waals surface area contributed by atoms with Crippen LogP contribution in [0.4, 0.5) is 5.69 Å². The van der Waals surface area contributed by atoms with Gasteiger partial charge in [-0.1, -0.05) is 6.08 Å². The Morgan fingerprint density at radius 3 is 2.88 bits per heavy atom. The number of nitrogens with two attached hydrogens (primary N) is 1. The van der Waals surface area contributed by atoms with Crippen LogP contribution >= 0.6 is 0 Å². The summed E-state index contributed by atoms with van der Waals surface area (Å²) in [6.45, 7) is 0. The first-order valence-corrected chi connectivity index (χ1v) is 5.39. The van der Waals surface area contributed by atoms with Gasteiger partial charge in [0.15, 0.2) is 5.78 Å². The quantitative estimate of drug-likeness (QED) is 0.625. The molecule has 0 atom stereocenters. The van der Waals surface area contributed by atoms with Crippen LogP contribution in [-0.2, 0) is 0 Å². The molecule has 0 aliphatic heterocycles. The fourth-order valence-corrected chi connectivity index (χ4v) is 1.91. The summed E-state index contributed by atoms with van der Waals surface area (Å²) in [5.74, 6) is 0.653. The van der Waals surface area contributed by atoms with Gasteiger partial charge in [0, 0.05) is 5.56 Å². The topological polar surface area (TPSA) is 52.3 Å². The fraction of sp³-hybridized carbons (Fsp3) is 0.308. The third-order valence-corrected chi connectivity index (χ3v) is 2.83. The molecule has 1 aromatic rings. The first-order valence-electron chi connectivity index (χ1n) is 5.39. The van der Waals surface area contributed by atoms with Crippen LogP contribution in [0.25, 0.3) is 0 Å². The number of carbonyl (C=O) groups excluding carboxylic acids is 1. The van der Waals surface area contributed by atoms with Gasteiger partial charge in [-0.25, -0.2) is 0 Å². The van der Waals surface area contributed by atoms with E-state index in [4.69, 9.17) is 10.5 Å². The zero-order valence-electron chi connectivity index (χ0n) is 9.32. The second-order valence-electron chi connectivity index (χ2n) is 3.91. The number of ether oxygens (including phenoxy) is 1. The average Bonchev–Trinajstić information content (AvgIpc) is 2.82. The molecule has 0 saturated carbocycles. The summed E-state index contributed by atoms with van der Waals surface area (Å²) < 4.78 is 5.10. The van der Waals surface area contributed by atoms with Crippen molar-refractivity contribution in [3.05, 3.63) is 35.4 Å². The number of ketones is 1. The Morgan fingerprint density at radius 1 is 1.44 bits per heavy atom. The van der Waals surface area contributed by atoms with Crippen molar-refractivity contribution >= 4 is 11.5 Å². The van der Waals surface area contributed by atoms with Gasteiger partial charge in [0.2, 0.25) is 0 Å². The van der Waals surface area contributed by atoms with Crippen LogP contribution in [0.2, 0.25) is 0 Å². The molecule has 1 aromatic carbocycles. The molecule has 0 amide bonds. The molecule has 0 aromatic heterocycles. The second-order valence-corrected chi connectivity index (χ2v) is 3.91. The molecule has 16 heavy (non-hydrogen) atoms. The minimum atomic E-state index is 0.0933. The molecule has 0 saturated heterocycles. The molecule has 0 spiro atoms. The normalized spacial score (nSPS) is 14.7. The molecule has 1 aliphatic carbocycles. The molecule has 0 unspecified atom stereocenters. The minimum Gasteiger partial charge on any atom is -0.495 e. The van der Waals surface area contributed by atoms with E-state index in [2.05, 4.69) is 0 Å². The zero-order chi connectivity index (χ0) is 11.5. The van der Waals surface area contributed by atoms with E-state index in [0.717, 1.165) is 24.8 Å². The Morgan fingerprint density at radius 2 is 2.25 bits per heavy atom. The minimum absolute atomic E-state index is 0.0933. The third-order valence-electron chi connectivity index (χ3n) is 2.83. The Bertz CT molecular complexity index is 449. The van der Waals surface area contributed by atoms with Crippen molar-refractivity contribution in [3.63, 3.8) is 0 Å². The van der Waals surface area contributed by atoms with Gasteiger partial charge in [0.1, 0.15) is 5.75 Å². The Hall–Kier alpha value is -1.77. The van der Waals surface area contributed by atoms with Crippen LogP contribution in [0.5, 0.6) is 5.75 Å². The highest BCUT2D eigenvalue weighted by Crippen LogP contribution is 2.26. The van der Waals surface area contributed by atoms with Crippen LogP contribution in [0.3, 0.4) is 0 Å². The molecule has 3 nitrogen and oxygen atoms in total. The van der Waals surface area contributed by atoms with Gasteiger partial charge < -0.3 is 10.5 Å². The lowest BCUT2D eigenvalue weighted by Crippen LogP contribution is -2.03. The van der Waals surface area contributed by atoms with Gasteiger partial charge in [-0.3, -0.25) is 4.79 Å². The standard InChI is InChI=1S/C13H15NO2/c1-16-12-8-10(6-7-11(12)14)13(15)9-4-2-3-5-9/h4,6-8H,2-3,5,14H2,1H3. The lowest BCUT2D eigenvalue weighted by atomic mass is 10.0. The van der Waals surface area contributed by atoms with E-state index in [1.165, 1.54) is 0 Å². The average molecular weight is 217 g/mol. The van der Waals surface area contributed by atoms with Gasteiger partial charge in [0.05, 0.1) is 12.8 Å². The number of hydrogen-bond donors (Lipinski definition) is 1. The maximum Gasteiger partial charge on any atom is 0.188 e. The van der Waals surface area contributed by atoms with Crippen molar-refractivity contribution in [2.24, 2.45) is 0 Å². The van der Waals surface area contributed by atoms with E-state index in [0.29, 0.717) is 17.0 Å². The van der Waals surface area contributed by atoms with Crippen molar-refractivity contribution in [3.8, 4) is 5.75 Å². The summed E-state index contributed by atoms with van der Waals surface area (Å²) in [6.07, 6.45) is 4.98. The Balaban J connectivity index is 2.30. The summed E-state index contributed by atoms with van der Waals surface area (Å²) in [5.41, 5.74) is 7.82. The first kappa shape index (κ1) is 10.7. The lowest BCUT2D eigenvalue weighted by Gasteiger charge is -2.07. The summed E-state index contributed by atoms with van der Waals surface area (Å²) in [4.78, 5) is 12.1. The molecule has 0 fully saturated rings. The van der Waals surface area contributed by atoms with Crippen LogP contribution in [0, 0.1) is 0 Å². The number of anilines is 1. The summed E-state index contributed by atoms with van der Waals surface area (Å²) in [5, 5.41) is 0. The Labute approximate surface area is 94.9 Å². The van der Waals surface area contributed by atoms with Crippen LogP contribution in [0.1, 0.15) is 29.6 Å². The predicted molar refractivity (Wildman–Crippen MR) is 63.7 cm³/mol. The van der Waals surface area contributed by atoms with Gasteiger partial charge in [-0.15, -0.1) is 0 Å². The highest BCUT2D eigenvalue weighted by molar-refractivity contribution is 6.09. The fourth-order valence-electron chi connectivity index (χ4n) is 1.91. The summed E-state index contributed by atoms with van der Waals surface area (Å²) >= 11 is 0. The van der Waals surface area contributed by atoms with Gasteiger partial charge in [0.25, 0.3) is 0 Å². The molecule has 0 bridgehead atoms. The Kier molecular flexibility index (Phi) is 2.95.